The first-order valence-corrected chi connectivity index (χ1v) is 18.0. The van der Waals surface area contributed by atoms with Crippen molar-refractivity contribution in [3.05, 3.63) is 182 Å². The highest BCUT2D eigenvalue weighted by Crippen LogP contribution is 2.42. The zero-order valence-corrected chi connectivity index (χ0v) is 29.2. The Hall–Kier alpha value is -7.04. The van der Waals surface area contributed by atoms with Gasteiger partial charge in [-0.25, -0.2) is 9.97 Å². The number of hydrogen-bond donors (Lipinski definition) is 0. The summed E-state index contributed by atoms with van der Waals surface area (Å²) in [6.45, 7) is 6.43. The number of hydrogen-bond acceptors (Lipinski definition) is 2. The molecule has 0 bridgehead atoms. The average molecular weight is 679 g/mol. The molecule has 0 saturated heterocycles. The molecule has 250 valence electrons. The van der Waals surface area contributed by atoms with E-state index in [1.54, 1.807) is 0 Å². The van der Waals surface area contributed by atoms with Crippen LogP contribution in [0.2, 0.25) is 0 Å². The highest BCUT2D eigenvalue weighted by molar-refractivity contribution is 6.23. The fourth-order valence-electron chi connectivity index (χ4n) is 8.01. The van der Waals surface area contributed by atoms with E-state index in [9.17, 15) is 0 Å². The second-order valence-electron chi connectivity index (χ2n) is 13.4. The van der Waals surface area contributed by atoms with Crippen LogP contribution in [0.3, 0.4) is 0 Å². The van der Waals surface area contributed by atoms with Gasteiger partial charge in [0, 0.05) is 38.5 Å². The number of allylic oxidation sites excluding steroid dienone is 1. The molecule has 0 radical (unpaired) electrons. The zero-order valence-electron chi connectivity index (χ0n) is 29.2. The van der Waals surface area contributed by atoms with Gasteiger partial charge in [-0.15, -0.1) is 0 Å². The van der Waals surface area contributed by atoms with Gasteiger partial charge in [-0.2, -0.15) is 0 Å². The Bertz CT molecular complexity index is 2990. The van der Waals surface area contributed by atoms with Gasteiger partial charge < -0.3 is 4.57 Å². The SMILES string of the molecule is C=Cc1c(/C=C\C)n(-c2nc(-c3ccc4ccccc4c3)cc(-c3ccc4ccccc4c3)n2)c2ccc3c(c4ccccc4n3-c3ccccc3)c12. The van der Waals surface area contributed by atoms with Crippen LogP contribution < -0.4 is 0 Å². The molecule has 0 N–H and O–H groups in total. The topological polar surface area (TPSA) is 35.6 Å². The first-order chi connectivity index (χ1) is 26.2. The third-order valence-corrected chi connectivity index (χ3v) is 10.4. The van der Waals surface area contributed by atoms with E-state index >= 15 is 0 Å². The Kier molecular flexibility index (Phi) is 7.15. The van der Waals surface area contributed by atoms with E-state index in [0.717, 1.165) is 61.4 Å². The van der Waals surface area contributed by atoms with Gasteiger partial charge in [-0.3, -0.25) is 4.57 Å². The van der Waals surface area contributed by atoms with Crippen LogP contribution in [-0.4, -0.2) is 19.1 Å². The van der Waals surface area contributed by atoms with E-state index in [1.807, 2.05) is 6.08 Å². The minimum Gasteiger partial charge on any atom is -0.309 e. The van der Waals surface area contributed by atoms with Crippen LogP contribution in [0.1, 0.15) is 18.2 Å². The van der Waals surface area contributed by atoms with E-state index in [0.29, 0.717) is 5.95 Å². The number of nitrogens with zero attached hydrogens (tertiary/aromatic N) is 4. The standard InChI is InChI=1S/C49H34N4/c1-3-14-43-39(4-2)47-46(28-27-45-48(47)40-21-12-13-22-44(40)52(45)38-19-6-5-7-20-38)53(43)49-50-41(36-25-23-32-15-8-10-17-34(32)29-36)31-42(51-49)37-26-24-33-16-9-11-18-35(33)30-37/h3-31H,2H2,1H3/b14-3-. The molecule has 0 spiro atoms. The summed E-state index contributed by atoms with van der Waals surface area (Å²) in [5.41, 5.74) is 10.3. The molecular weight excluding hydrogens is 645 g/mol. The van der Waals surface area contributed by atoms with Crippen LogP contribution in [0, 0.1) is 0 Å². The molecule has 4 nitrogen and oxygen atoms in total. The molecule has 0 aliphatic carbocycles. The molecule has 53 heavy (non-hydrogen) atoms. The summed E-state index contributed by atoms with van der Waals surface area (Å²) in [4.78, 5) is 10.8. The third-order valence-electron chi connectivity index (χ3n) is 10.4. The molecule has 0 saturated carbocycles. The lowest BCUT2D eigenvalue weighted by atomic mass is 10.0. The summed E-state index contributed by atoms with van der Waals surface area (Å²) in [5.74, 6) is 0.608. The Morgan fingerprint density at radius 3 is 1.70 bits per heavy atom. The molecule has 4 heteroatoms. The molecule has 10 rings (SSSR count). The van der Waals surface area contributed by atoms with Crippen LogP contribution in [0.4, 0.5) is 0 Å². The summed E-state index contributed by atoms with van der Waals surface area (Å²) in [6, 6.07) is 55.9. The first kappa shape index (κ1) is 30.8. The molecule has 0 amide bonds. The fourth-order valence-corrected chi connectivity index (χ4v) is 8.01. The third kappa shape index (κ3) is 4.91. The van der Waals surface area contributed by atoms with Crippen LogP contribution in [0.5, 0.6) is 0 Å². The first-order valence-electron chi connectivity index (χ1n) is 18.0. The lowest BCUT2D eigenvalue weighted by molar-refractivity contribution is 0.958. The van der Waals surface area contributed by atoms with Crippen LogP contribution >= 0.6 is 0 Å². The van der Waals surface area contributed by atoms with E-state index in [1.165, 1.54) is 32.3 Å². The van der Waals surface area contributed by atoms with Crippen molar-refractivity contribution in [2.45, 2.75) is 6.92 Å². The zero-order chi connectivity index (χ0) is 35.5. The average Bonchev–Trinajstić information content (AvgIpc) is 3.73. The molecule has 0 aliphatic heterocycles. The second-order valence-corrected chi connectivity index (χ2v) is 13.4. The van der Waals surface area contributed by atoms with Crippen molar-refractivity contribution in [3.63, 3.8) is 0 Å². The maximum atomic E-state index is 5.38. The monoisotopic (exact) mass is 678 g/mol. The number of aromatic nitrogens is 4. The summed E-state index contributed by atoms with van der Waals surface area (Å²) in [6.07, 6.45) is 6.22. The maximum Gasteiger partial charge on any atom is 0.235 e. The van der Waals surface area contributed by atoms with Crippen molar-refractivity contribution < 1.29 is 0 Å². The van der Waals surface area contributed by atoms with E-state index in [4.69, 9.17) is 9.97 Å². The van der Waals surface area contributed by atoms with Gasteiger partial charge >= 0.3 is 0 Å². The Morgan fingerprint density at radius 1 is 0.509 bits per heavy atom. The van der Waals surface area contributed by atoms with Crippen LogP contribution in [-0.2, 0) is 0 Å². The molecule has 3 heterocycles. The molecule has 0 aliphatic rings. The summed E-state index contributed by atoms with van der Waals surface area (Å²) in [7, 11) is 0. The van der Waals surface area contributed by atoms with Gasteiger partial charge in [0.05, 0.1) is 33.6 Å². The van der Waals surface area contributed by atoms with Gasteiger partial charge in [0.2, 0.25) is 5.95 Å². The van der Waals surface area contributed by atoms with E-state index in [-0.39, 0.29) is 0 Å². The number of benzene rings is 7. The molecule has 0 unspecified atom stereocenters. The minimum absolute atomic E-state index is 0.608. The summed E-state index contributed by atoms with van der Waals surface area (Å²) >= 11 is 0. The number of rotatable bonds is 6. The molecule has 7 aromatic carbocycles. The van der Waals surface area contributed by atoms with Crippen molar-refractivity contribution in [1.29, 1.82) is 0 Å². The van der Waals surface area contributed by atoms with E-state index < -0.39 is 0 Å². The van der Waals surface area contributed by atoms with Crippen molar-refractivity contribution in [2.75, 3.05) is 0 Å². The number of para-hydroxylation sites is 2. The lowest BCUT2D eigenvalue weighted by Crippen LogP contribution is -2.06. The quantitative estimate of drug-likeness (QED) is 0.175. The normalized spacial score (nSPS) is 11.9. The van der Waals surface area contributed by atoms with Crippen LogP contribution in [0.15, 0.2) is 170 Å². The predicted octanol–water partition coefficient (Wildman–Crippen LogP) is 12.8. The Morgan fingerprint density at radius 2 is 1.08 bits per heavy atom. The maximum absolute atomic E-state index is 5.38. The van der Waals surface area contributed by atoms with Crippen LogP contribution in [0.25, 0.3) is 101 Å². The summed E-state index contributed by atoms with van der Waals surface area (Å²) < 4.78 is 4.58. The number of fused-ring (bicyclic) bond motifs is 7. The van der Waals surface area contributed by atoms with Gasteiger partial charge in [0.15, 0.2) is 0 Å². The second kappa shape index (κ2) is 12.3. The molecule has 0 atom stereocenters. The Balaban J connectivity index is 1.30. The Labute approximate surface area is 307 Å². The van der Waals surface area contributed by atoms with Gasteiger partial charge in [-0.05, 0) is 83.1 Å². The summed E-state index contributed by atoms with van der Waals surface area (Å²) in [5, 5.41) is 8.23. The van der Waals surface area contributed by atoms with Crippen molar-refractivity contribution in [2.24, 2.45) is 0 Å². The minimum atomic E-state index is 0.608. The van der Waals surface area contributed by atoms with E-state index in [2.05, 4.69) is 193 Å². The van der Waals surface area contributed by atoms with Gasteiger partial charge in [0.1, 0.15) is 0 Å². The van der Waals surface area contributed by atoms with Crippen molar-refractivity contribution in [3.8, 4) is 34.2 Å². The highest BCUT2D eigenvalue weighted by atomic mass is 15.2. The lowest BCUT2D eigenvalue weighted by Gasteiger charge is -2.13. The molecule has 0 fully saturated rings. The largest absolute Gasteiger partial charge is 0.309 e. The van der Waals surface area contributed by atoms with Crippen molar-refractivity contribution in [1.82, 2.24) is 19.1 Å². The van der Waals surface area contributed by atoms with Crippen molar-refractivity contribution >= 4 is 66.4 Å². The molecule has 3 aromatic heterocycles. The molecule has 10 aromatic rings. The fraction of sp³-hybridized carbons (Fsp3) is 0.0204. The van der Waals surface area contributed by atoms with Gasteiger partial charge in [0.25, 0.3) is 0 Å². The predicted molar refractivity (Wildman–Crippen MR) is 224 cm³/mol. The van der Waals surface area contributed by atoms with Gasteiger partial charge in [-0.1, -0.05) is 128 Å². The smallest absolute Gasteiger partial charge is 0.235 e. The highest BCUT2D eigenvalue weighted by Gasteiger charge is 2.24. The molecular formula is C49H34N4.